The number of hydrogen-bond donors (Lipinski definition) is 1. The van der Waals surface area contributed by atoms with Crippen LogP contribution in [0.25, 0.3) is 0 Å². The van der Waals surface area contributed by atoms with E-state index in [9.17, 15) is 9.59 Å². The van der Waals surface area contributed by atoms with Crippen molar-refractivity contribution in [1.82, 2.24) is 9.80 Å². The fourth-order valence-electron chi connectivity index (χ4n) is 2.38. The standard InChI is InChI=1S/C13H24N2O3/c1-3-4-8-14(2)13(18)15-9-6-5-7-11(15)10-12(16)17/h11H,3-10H2,1-2H3,(H,16,17). The first kappa shape index (κ1) is 14.8. The minimum atomic E-state index is -0.823. The highest BCUT2D eigenvalue weighted by atomic mass is 16.4. The van der Waals surface area contributed by atoms with Gasteiger partial charge in [0.05, 0.1) is 6.42 Å². The summed E-state index contributed by atoms with van der Waals surface area (Å²) in [6, 6.07) is -0.151. The summed E-state index contributed by atoms with van der Waals surface area (Å²) in [6.45, 7) is 3.52. The molecule has 1 fully saturated rings. The summed E-state index contributed by atoms with van der Waals surface area (Å²) in [5.41, 5.74) is 0. The van der Waals surface area contributed by atoms with E-state index in [0.29, 0.717) is 6.54 Å². The van der Waals surface area contributed by atoms with E-state index in [1.165, 1.54) is 0 Å². The molecule has 0 aliphatic carbocycles. The predicted octanol–water partition coefficient (Wildman–Crippen LogP) is 2.17. The molecule has 1 N–H and O–H groups in total. The molecule has 0 aromatic rings. The number of carboxylic acid groups (broad SMARTS) is 1. The molecule has 0 radical (unpaired) electrons. The van der Waals surface area contributed by atoms with E-state index >= 15 is 0 Å². The van der Waals surface area contributed by atoms with Crippen LogP contribution in [-0.2, 0) is 4.79 Å². The van der Waals surface area contributed by atoms with Crippen LogP contribution in [0.3, 0.4) is 0 Å². The van der Waals surface area contributed by atoms with E-state index in [2.05, 4.69) is 6.92 Å². The minimum Gasteiger partial charge on any atom is -0.481 e. The molecule has 5 nitrogen and oxygen atoms in total. The normalized spacial score (nSPS) is 19.7. The van der Waals surface area contributed by atoms with Gasteiger partial charge < -0.3 is 14.9 Å². The maximum Gasteiger partial charge on any atom is 0.320 e. The summed E-state index contributed by atoms with van der Waals surface area (Å²) in [4.78, 5) is 26.5. The molecule has 1 aliphatic heterocycles. The summed E-state index contributed by atoms with van der Waals surface area (Å²) < 4.78 is 0. The van der Waals surface area contributed by atoms with E-state index in [0.717, 1.165) is 38.6 Å². The number of rotatable bonds is 5. The fraction of sp³-hybridized carbons (Fsp3) is 0.846. The van der Waals surface area contributed by atoms with Crippen LogP contribution in [0.5, 0.6) is 0 Å². The summed E-state index contributed by atoms with van der Waals surface area (Å²) >= 11 is 0. The molecule has 0 aromatic carbocycles. The molecule has 18 heavy (non-hydrogen) atoms. The predicted molar refractivity (Wildman–Crippen MR) is 69.5 cm³/mol. The van der Waals surface area contributed by atoms with Gasteiger partial charge in [-0.1, -0.05) is 13.3 Å². The largest absolute Gasteiger partial charge is 0.481 e. The first-order valence-electron chi connectivity index (χ1n) is 6.79. The van der Waals surface area contributed by atoms with Gasteiger partial charge in [-0.3, -0.25) is 4.79 Å². The maximum absolute atomic E-state index is 12.3. The van der Waals surface area contributed by atoms with Gasteiger partial charge in [-0.2, -0.15) is 0 Å². The molecule has 2 amide bonds. The third-order valence-corrected chi connectivity index (χ3v) is 3.46. The van der Waals surface area contributed by atoms with Crippen molar-refractivity contribution in [2.45, 2.75) is 51.5 Å². The Kier molecular flexibility index (Phi) is 5.95. The second-order valence-electron chi connectivity index (χ2n) is 5.00. The Hall–Kier alpha value is -1.26. The lowest BCUT2D eigenvalue weighted by Gasteiger charge is -2.37. The third kappa shape index (κ3) is 4.20. The number of aliphatic carboxylic acids is 1. The van der Waals surface area contributed by atoms with Crippen LogP contribution in [0.1, 0.15) is 45.4 Å². The summed E-state index contributed by atoms with van der Waals surface area (Å²) in [7, 11) is 1.80. The average molecular weight is 256 g/mol. The van der Waals surface area contributed by atoms with Crippen molar-refractivity contribution in [1.29, 1.82) is 0 Å². The van der Waals surface area contributed by atoms with Gasteiger partial charge in [0, 0.05) is 26.2 Å². The second-order valence-corrected chi connectivity index (χ2v) is 5.00. The monoisotopic (exact) mass is 256 g/mol. The van der Waals surface area contributed by atoms with Crippen LogP contribution >= 0.6 is 0 Å². The third-order valence-electron chi connectivity index (χ3n) is 3.46. The molecule has 0 aromatic heterocycles. The van der Waals surface area contributed by atoms with E-state index < -0.39 is 5.97 Å². The van der Waals surface area contributed by atoms with Crippen LogP contribution < -0.4 is 0 Å². The van der Waals surface area contributed by atoms with Gasteiger partial charge >= 0.3 is 12.0 Å². The molecular weight excluding hydrogens is 232 g/mol. The lowest BCUT2D eigenvalue weighted by Crippen LogP contribution is -2.50. The molecule has 0 spiro atoms. The Bertz CT molecular complexity index is 294. The van der Waals surface area contributed by atoms with Crippen LogP contribution in [0, 0.1) is 0 Å². The summed E-state index contributed by atoms with van der Waals surface area (Å²) in [5.74, 6) is -0.823. The maximum atomic E-state index is 12.3. The number of urea groups is 1. The molecule has 1 rings (SSSR count). The smallest absolute Gasteiger partial charge is 0.320 e. The first-order valence-corrected chi connectivity index (χ1v) is 6.79. The van der Waals surface area contributed by atoms with Crippen molar-refractivity contribution >= 4 is 12.0 Å². The number of hydrogen-bond acceptors (Lipinski definition) is 2. The molecule has 1 unspecified atom stereocenters. The Morgan fingerprint density at radius 1 is 1.39 bits per heavy atom. The lowest BCUT2D eigenvalue weighted by molar-refractivity contribution is -0.138. The first-order chi connectivity index (χ1) is 8.56. The van der Waals surface area contributed by atoms with Crippen LogP contribution in [0.2, 0.25) is 0 Å². The molecule has 1 heterocycles. The van der Waals surface area contributed by atoms with Crippen LogP contribution in [0.15, 0.2) is 0 Å². The van der Waals surface area contributed by atoms with Gasteiger partial charge in [0.25, 0.3) is 0 Å². The number of nitrogens with zero attached hydrogens (tertiary/aromatic N) is 2. The van der Waals surface area contributed by atoms with Crippen LogP contribution in [-0.4, -0.2) is 53.1 Å². The number of carboxylic acids is 1. The molecule has 1 aliphatic rings. The zero-order valence-electron chi connectivity index (χ0n) is 11.4. The number of carbonyl (C=O) groups excluding carboxylic acids is 1. The molecule has 5 heteroatoms. The fourth-order valence-corrected chi connectivity index (χ4v) is 2.38. The van der Waals surface area contributed by atoms with Crippen molar-refractivity contribution in [3.05, 3.63) is 0 Å². The van der Waals surface area contributed by atoms with E-state index in [-0.39, 0.29) is 18.5 Å². The minimum absolute atomic E-state index is 0.0191. The SMILES string of the molecule is CCCCN(C)C(=O)N1CCCCC1CC(=O)O. The second kappa shape index (κ2) is 7.24. The Balaban J connectivity index is 2.58. The topological polar surface area (TPSA) is 60.9 Å². The molecular formula is C13H24N2O3. The quantitative estimate of drug-likeness (QED) is 0.820. The number of amides is 2. The Morgan fingerprint density at radius 2 is 2.11 bits per heavy atom. The number of likely N-dealkylation sites (tertiary alicyclic amines) is 1. The van der Waals surface area contributed by atoms with Gasteiger partial charge in [0.1, 0.15) is 0 Å². The van der Waals surface area contributed by atoms with Crippen molar-refractivity contribution in [2.24, 2.45) is 0 Å². The van der Waals surface area contributed by atoms with Gasteiger partial charge in [-0.05, 0) is 25.7 Å². The number of piperidine rings is 1. The highest BCUT2D eigenvalue weighted by Gasteiger charge is 2.29. The van der Waals surface area contributed by atoms with Gasteiger partial charge in [-0.25, -0.2) is 4.79 Å². The van der Waals surface area contributed by atoms with Gasteiger partial charge in [0.2, 0.25) is 0 Å². The van der Waals surface area contributed by atoms with Crippen molar-refractivity contribution in [2.75, 3.05) is 20.1 Å². The zero-order chi connectivity index (χ0) is 13.5. The Labute approximate surface area is 109 Å². The van der Waals surface area contributed by atoms with E-state index in [1.807, 2.05) is 0 Å². The molecule has 0 saturated carbocycles. The lowest BCUT2D eigenvalue weighted by atomic mass is 10.00. The van der Waals surface area contributed by atoms with Crippen LogP contribution in [0.4, 0.5) is 4.79 Å². The summed E-state index contributed by atoms with van der Waals surface area (Å²) in [6.07, 6.45) is 4.90. The van der Waals surface area contributed by atoms with Crippen molar-refractivity contribution in [3.8, 4) is 0 Å². The zero-order valence-corrected chi connectivity index (χ0v) is 11.4. The van der Waals surface area contributed by atoms with Gasteiger partial charge in [-0.15, -0.1) is 0 Å². The molecule has 1 saturated heterocycles. The summed E-state index contributed by atoms with van der Waals surface area (Å²) in [5, 5.41) is 8.89. The molecule has 104 valence electrons. The highest BCUT2D eigenvalue weighted by Crippen LogP contribution is 2.21. The van der Waals surface area contributed by atoms with E-state index in [1.54, 1.807) is 16.8 Å². The van der Waals surface area contributed by atoms with E-state index in [4.69, 9.17) is 5.11 Å². The molecule has 1 atom stereocenters. The van der Waals surface area contributed by atoms with Crippen molar-refractivity contribution in [3.63, 3.8) is 0 Å². The Morgan fingerprint density at radius 3 is 2.72 bits per heavy atom. The number of carbonyl (C=O) groups is 2. The average Bonchev–Trinajstić information content (AvgIpc) is 2.35. The molecule has 0 bridgehead atoms. The van der Waals surface area contributed by atoms with Crippen molar-refractivity contribution < 1.29 is 14.7 Å². The highest BCUT2D eigenvalue weighted by molar-refractivity contribution is 5.76. The number of unbranched alkanes of at least 4 members (excludes halogenated alkanes) is 1. The van der Waals surface area contributed by atoms with Gasteiger partial charge in [0.15, 0.2) is 0 Å².